The monoisotopic (exact) mass is 285 g/mol. The van der Waals surface area contributed by atoms with Crippen molar-refractivity contribution >= 4 is 11.9 Å². The van der Waals surface area contributed by atoms with Gasteiger partial charge in [-0.1, -0.05) is 13.3 Å². The number of carboxylic acid groups (broad SMARTS) is 1. The summed E-state index contributed by atoms with van der Waals surface area (Å²) < 4.78 is 5.18. The van der Waals surface area contributed by atoms with Crippen molar-refractivity contribution in [2.75, 3.05) is 13.2 Å². The summed E-state index contributed by atoms with van der Waals surface area (Å²) >= 11 is 0. The molecule has 0 atom stereocenters. The first kappa shape index (κ1) is 17.0. The van der Waals surface area contributed by atoms with Crippen molar-refractivity contribution in [3.8, 4) is 0 Å². The van der Waals surface area contributed by atoms with Gasteiger partial charge in [-0.15, -0.1) is 0 Å². The van der Waals surface area contributed by atoms with E-state index < -0.39 is 11.5 Å². The molecule has 1 rings (SSSR count). The molecule has 0 unspecified atom stereocenters. The third kappa shape index (κ3) is 4.78. The van der Waals surface area contributed by atoms with E-state index in [-0.39, 0.29) is 5.91 Å². The summed E-state index contributed by atoms with van der Waals surface area (Å²) in [5.41, 5.74) is -1.05. The third-order valence-electron chi connectivity index (χ3n) is 4.22. The highest BCUT2D eigenvalue weighted by Crippen LogP contribution is 2.34. The minimum Gasteiger partial charge on any atom is -0.480 e. The lowest BCUT2D eigenvalue weighted by atomic mass is 9.75. The van der Waals surface area contributed by atoms with Gasteiger partial charge in [0.25, 0.3) is 0 Å². The van der Waals surface area contributed by atoms with Crippen LogP contribution in [0.1, 0.15) is 58.8 Å². The SMILES string of the molecule is CCOCCCC(=O)NC1(C(=O)O)CCC(CC)CC1. The molecule has 1 amide bonds. The Hall–Kier alpha value is -1.10. The number of carbonyl (C=O) groups is 2. The summed E-state index contributed by atoms with van der Waals surface area (Å²) in [5.74, 6) is -0.482. The first-order valence-corrected chi connectivity index (χ1v) is 7.66. The molecule has 1 aliphatic carbocycles. The molecule has 5 heteroatoms. The smallest absolute Gasteiger partial charge is 0.329 e. The van der Waals surface area contributed by atoms with Crippen molar-refractivity contribution in [1.82, 2.24) is 5.32 Å². The number of nitrogens with one attached hydrogen (secondary N) is 1. The van der Waals surface area contributed by atoms with E-state index >= 15 is 0 Å². The molecule has 1 aliphatic rings. The van der Waals surface area contributed by atoms with Gasteiger partial charge in [-0.3, -0.25) is 4.79 Å². The summed E-state index contributed by atoms with van der Waals surface area (Å²) in [6.07, 6.45) is 4.87. The Labute approximate surface area is 121 Å². The van der Waals surface area contributed by atoms with E-state index in [0.717, 1.165) is 19.3 Å². The molecule has 0 bridgehead atoms. The van der Waals surface area contributed by atoms with Crippen molar-refractivity contribution in [2.45, 2.75) is 64.3 Å². The van der Waals surface area contributed by atoms with Gasteiger partial charge in [-0.05, 0) is 44.9 Å². The Morgan fingerprint density at radius 2 is 1.95 bits per heavy atom. The van der Waals surface area contributed by atoms with E-state index in [1.54, 1.807) is 0 Å². The Morgan fingerprint density at radius 1 is 1.30 bits per heavy atom. The zero-order valence-corrected chi connectivity index (χ0v) is 12.6. The van der Waals surface area contributed by atoms with Gasteiger partial charge in [0.2, 0.25) is 5.91 Å². The molecule has 20 heavy (non-hydrogen) atoms. The molecule has 0 aromatic rings. The van der Waals surface area contributed by atoms with Crippen LogP contribution in [0.2, 0.25) is 0 Å². The minimum absolute atomic E-state index is 0.179. The van der Waals surface area contributed by atoms with Crippen LogP contribution in [0.5, 0.6) is 0 Å². The topological polar surface area (TPSA) is 75.6 Å². The van der Waals surface area contributed by atoms with Crippen LogP contribution in [-0.2, 0) is 14.3 Å². The largest absolute Gasteiger partial charge is 0.480 e. The molecule has 2 N–H and O–H groups in total. The molecule has 0 radical (unpaired) electrons. The molecule has 0 aromatic carbocycles. The highest BCUT2D eigenvalue weighted by atomic mass is 16.5. The third-order valence-corrected chi connectivity index (χ3v) is 4.22. The van der Waals surface area contributed by atoms with E-state index in [2.05, 4.69) is 12.2 Å². The number of hydrogen-bond donors (Lipinski definition) is 2. The average molecular weight is 285 g/mol. The summed E-state index contributed by atoms with van der Waals surface area (Å²) in [5, 5.41) is 12.2. The Kier molecular flexibility index (Phi) is 6.99. The number of carboxylic acids is 1. The molecule has 116 valence electrons. The van der Waals surface area contributed by atoms with E-state index in [9.17, 15) is 14.7 Å². The van der Waals surface area contributed by atoms with Crippen molar-refractivity contribution < 1.29 is 19.4 Å². The highest BCUT2D eigenvalue weighted by Gasteiger charge is 2.42. The van der Waals surface area contributed by atoms with Gasteiger partial charge in [0, 0.05) is 19.6 Å². The second-order valence-corrected chi connectivity index (χ2v) is 5.59. The maximum Gasteiger partial charge on any atom is 0.329 e. The fraction of sp³-hybridized carbons (Fsp3) is 0.867. The van der Waals surface area contributed by atoms with Crippen LogP contribution in [0.3, 0.4) is 0 Å². The number of amides is 1. The molecule has 0 heterocycles. The number of hydrogen-bond acceptors (Lipinski definition) is 3. The van der Waals surface area contributed by atoms with Gasteiger partial charge < -0.3 is 15.2 Å². The zero-order valence-electron chi connectivity index (χ0n) is 12.6. The van der Waals surface area contributed by atoms with Crippen LogP contribution < -0.4 is 5.32 Å². The van der Waals surface area contributed by atoms with Crippen LogP contribution in [0.15, 0.2) is 0 Å². The standard InChI is InChI=1S/C15H27NO4/c1-3-12-7-9-15(10-8-12,14(18)19)16-13(17)6-5-11-20-4-2/h12H,3-11H2,1-2H3,(H,16,17)(H,18,19). The highest BCUT2D eigenvalue weighted by molar-refractivity contribution is 5.87. The van der Waals surface area contributed by atoms with Crippen molar-refractivity contribution in [3.05, 3.63) is 0 Å². The summed E-state index contributed by atoms with van der Waals surface area (Å²) in [7, 11) is 0. The van der Waals surface area contributed by atoms with Gasteiger partial charge >= 0.3 is 5.97 Å². The van der Waals surface area contributed by atoms with Crippen LogP contribution in [-0.4, -0.2) is 35.7 Å². The number of carbonyl (C=O) groups excluding carboxylic acids is 1. The summed E-state index contributed by atoms with van der Waals surface area (Å²) in [6, 6.07) is 0. The van der Waals surface area contributed by atoms with Gasteiger partial charge in [0.05, 0.1) is 0 Å². The first-order valence-electron chi connectivity index (χ1n) is 7.66. The second kappa shape index (κ2) is 8.25. The van der Waals surface area contributed by atoms with Gasteiger partial charge in [0.1, 0.15) is 5.54 Å². The predicted molar refractivity (Wildman–Crippen MR) is 76.5 cm³/mol. The maximum atomic E-state index is 11.9. The van der Waals surface area contributed by atoms with Crippen LogP contribution in [0, 0.1) is 5.92 Å². The normalized spacial score (nSPS) is 26.2. The summed E-state index contributed by atoms with van der Waals surface area (Å²) in [4.78, 5) is 23.4. The summed E-state index contributed by atoms with van der Waals surface area (Å²) in [6.45, 7) is 5.22. The van der Waals surface area contributed by atoms with Gasteiger partial charge in [-0.25, -0.2) is 4.79 Å². The Bertz CT molecular complexity index is 322. The van der Waals surface area contributed by atoms with Crippen LogP contribution >= 0.6 is 0 Å². The molecular weight excluding hydrogens is 258 g/mol. The fourth-order valence-corrected chi connectivity index (χ4v) is 2.78. The molecule has 5 nitrogen and oxygen atoms in total. The lowest BCUT2D eigenvalue weighted by Gasteiger charge is -2.37. The van der Waals surface area contributed by atoms with Crippen LogP contribution in [0.4, 0.5) is 0 Å². The van der Waals surface area contributed by atoms with Gasteiger partial charge in [0.15, 0.2) is 0 Å². The molecule has 0 aliphatic heterocycles. The number of rotatable bonds is 8. The lowest BCUT2D eigenvalue weighted by Crippen LogP contribution is -2.56. The molecule has 1 saturated carbocycles. The Morgan fingerprint density at radius 3 is 2.45 bits per heavy atom. The van der Waals surface area contributed by atoms with Gasteiger partial charge in [-0.2, -0.15) is 0 Å². The average Bonchev–Trinajstić information content (AvgIpc) is 2.44. The number of ether oxygens (including phenoxy) is 1. The van der Waals surface area contributed by atoms with Crippen LogP contribution in [0.25, 0.3) is 0 Å². The number of aliphatic carboxylic acids is 1. The van der Waals surface area contributed by atoms with E-state index in [4.69, 9.17) is 4.74 Å². The van der Waals surface area contributed by atoms with Crippen molar-refractivity contribution in [1.29, 1.82) is 0 Å². The first-order chi connectivity index (χ1) is 9.54. The maximum absolute atomic E-state index is 11.9. The van der Waals surface area contributed by atoms with E-state index in [1.807, 2.05) is 6.92 Å². The zero-order chi connectivity index (χ0) is 15.0. The molecular formula is C15H27NO4. The molecule has 0 spiro atoms. The lowest BCUT2D eigenvalue weighted by molar-refractivity contribution is -0.149. The minimum atomic E-state index is -1.05. The molecule has 0 aromatic heterocycles. The van der Waals surface area contributed by atoms with E-state index in [1.165, 1.54) is 0 Å². The molecule has 0 saturated heterocycles. The second-order valence-electron chi connectivity index (χ2n) is 5.59. The van der Waals surface area contributed by atoms with Crippen molar-refractivity contribution in [3.63, 3.8) is 0 Å². The Balaban J connectivity index is 2.47. The van der Waals surface area contributed by atoms with Crippen molar-refractivity contribution in [2.24, 2.45) is 5.92 Å². The quantitative estimate of drug-likeness (QED) is 0.671. The molecule has 1 fully saturated rings. The van der Waals surface area contributed by atoms with E-state index in [0.29, 0.717) is 44.8 Å². The predicted octanol–water partition coefficient (Wildman–Crippen LogP) is 2.34. The fourth-order valence-electron chi connectivity index (χ4n) is 2.78.